The number of carbonyl (C=O) groups is 2. The van der Waals surface area contributed by atoms with Crippen LogP contribution >= 0.6 is 0 Å². The van der Waals surface area contributed by atoms with Crippen LogP contribution in [0.4, 0.5) is 0 Å². The van der Waals surface area contributed by atoms with E-state index in [2.05, 4.69) is 26.1 Å². The Hall–Kier alpha value is -1.96. The molecule has 222 valence electrons. The number of methoxy groups -OCH3 is 1. The fourth-order valence-electron chi connectivity index (χ4n) is 5.34. The SMILES string of the molecule is COCCCOc1cc(CC(C[C@H](C)[C@@H](O)CC(C(=O)NC[C@@H]2CCCO2)C(C)C)C(C)C)ccc1C(C)=O. The second-order valence-electron chi connectivity index (χ2n) is 12.0. The Labute approximate surface area is 236 Å². The minimum absolute atomic E-state index is 0.00995. The Kier molecular flexibility index (Phi) is 14.5. The van der Waals surface area contributed by atoms with E-state index in [9.17, 15) is 14.7 Å². The number of carbonyl (C=O) groups excluding carboxylic acids is 2. The van der Waals surface area contributed by atoms with Gasteiger partial charge in [-0.25, -0.2) is 0 Å². The summed E-state index contributed by atoms with van der Waals surface area (Å²) in [6.45, 7) is 14.6. The topological polar surface area (TPSA) is 94.1 Å². The van der Waals surface area contributed by atoms with Crippen molar-refractivity contribution in [3.63, 3.8) is 0 Å². The Morgan fingerprint density at radius 3 is 2.44 bits per heavy atom. The second kappa shape index (κ2) is 17.0. The van der Waals surface area contributed by atoms with Crippen LogP contribution in [-0.4, -0.2) is 62.5 Å². The lowest BCUT2D eigenvalue weighted by Gasteiger charge is -2.30. The van der Waals surface area contributed by atoms with Crippen LogP contribution in [0.2, 0.25) is 0 Å². The normalized spacial score (nSPS) is 18.7. The van der Waals surface area contributed by atoms with Crippen molar-refractivity contribution in [2.45, 2.75) is 92.3 Å². The smallest absolute Gasteiger partial charge is 0.223 e. The molecule has 2 rings (SSSR count). The van der Waals surface area contributed by atoms with E-state index in [-0.39, 0.29) is 35.5 Å². The number of ether oxygens (including phenoxy) is 3. The first-order valence-corrected chi connectivity index (χ1v) is 14.9. The molecule has 0 spiro atoms. The van der Waals surface area contributed by atoms with Gasteiger partial charge in [0.25, 0.3) is 0 Å². The molecule has 5 atom stereocenters. The van der Waals surface area contributed by atoms with Crippen LogP contribution in [0, 0.1) is 29.6 Å². The summed E-state index contributed by atoms with van der Waals surface area (Å²) in [6, 6.07) is 5.87. The maximum absolute atomic E-state index is 13.0. The zero-order chi connectivity index (χ0) is 28.9. The third kappa shape index (κ3) is 11.2. The number of aliphatic hydroxyl groups excluding tert-OH is 1. The minimum Gasteiger partial charge on any atom is -0.493 e. The van der Waals surface area contributed by atoms with E-state index in [0.717, 1.165) is 44.3 Å². The quantitative estimate of drug-likeness (QED) is 0.187. The van der Waals surface area contributed by atoms with Crippen molar-refractivity contribution < 1.29 is 28.9 Å². The number of rotatable bonds is 18. The Morgan fingerprint density at radius 1 is 1.10 bits per heavy atom. The average Bonchev–Trinajstić information content (AvgIpc) is 3.41. The highest BCUT2D eigenvalue weighted by Gasteiger charge is 2.30. The van der Waals surface area contributed by atoms with Crippen LogP contribution < -0.4 is 10.1 Å². The van der Waals surface area contributed by atoms with Gasteiger partial charge in [0.1, 0.15) is 5.75 Å². The highest BCUT2D eigenvalue weighted by molar-refractivity contribution is 5.96. The molecule has 0 bridgehead atoms. The fraction of sp³-hybridized carbons (Fsp3) is 0.750. The van der Waals surface area contributed by atoms with Crippen LogP contribution in [-0.2, 0) is 20.7 Å². The Balaban J connectivity index is 2.01. The molecule has 1 aliphatic rings. The van der Waals surface area contributed by atoms with Crippen LogP contribution in [0.25, 0.3) is 0 Å². The molecule has 0 saturated carbocycles. The molecule has 1 aliphatic heterocycles. The van der Waals surface area contributed by atoms with E-state index in [1.807, 2.05) is 32.0 Å². The summed E-state index contributed by atoms with van der Waals surface area (Å²) in [4.78, 5) is 25.1. The van der Waals surface area contributed by atoms with Gasteiger partial charge in [-0.3, -0.25) is 9.59 Å². The number of Topliss-reactive ketones (excluding diaryl/α,β-unsaturated/α-hetero) is 1. The number of amides is 1. The summed E-state index contributed by atoms with van der Waals surface area (Å²) in [7, 11) is 1.66. The predicted molar refractivity (Wildman–Crippen MR) is 155 cm³/mol. The van der Waals surface area contributed by atoms with Gasteiger partial charge in [-0.2, -0.15) is 0 Å². The molecule has 1 heterocycles. The molecular formula is C32H53NO6. The third-order valence-corrected chi connectivity index (χ3v) is 8.11. The predicted octanol–water partition coefficient (Wildman–Crippen LogP) is 5.46. The van der Waals surface area contributed by atoms with E-state index < -0.39 is 6.10 Å². The van der Waals surface area contributed by atoms with Gasteiger partial charge in [-0.05, 0) is 80.4 Å². The monoisotopic (exact) mass is 547 g/mol. The van der Waals surface area contributed by atoms with Crippen molar-refractivity contribution in [1.82, 2.24) is 5.32 Å². The first-order valence-electron chi connectivity index (χ1n) is 14.9. The van der Waals surface area contributed by atoms with Gasteiger partial charge < -0.3 is 24.6 Å². The van der Waals surface area contributed by atoms with Crippen molar-refractivity contribution in [2.24, 2.45) is 29.6 Å². The first-order chi connectivity index (χ1) is 18.5. The molecule has 2 N–H and O–H groups in total. The molecule has 39 heavy (non-hydrogen) atoms. The van der Waals surface area contributed by atoms with Crippen molar-refractivity contribution >= 4 is 11.7 Å². The summed E-state index contributed by atoms with van der Waals surface area (Å²) < 4.78 is 16.7. The zero-order valence-corrected chi connectivity index (χ0v) is 25.3. The number of nitrogens with one attached hydrogen (secondary N) is 1. The third-order valence-electron chi connectivity index (χ3n) is 8.11. The molecular weight excluding hydrogens is 494 g/mol. The van der Waals surface area contributed by atoms with E-state index >= 15 is 0 Å². The minimum atomic E-state index is -0.563. The van der Waals surface area contributed by atoms with Crippen molar-refractivity contribution in [3.05, 3.63) is 29.3 Å². The van der Waals surface area contributed by atoms with E-state index in [0.29, 0.717) is 49.3 Å². The lowest BCUT2D eigenvalue weighted by Crippen LogP contribution is -2.40. The average molecular weight is 548 g/mol. The van der Waals surface area contributed by atoms with E-state index in [4.69, 9.17) is 14.2 Å². The van der Waals surface area contributed by atoms with Gasteiger partial charge in [0.05, 0.1) is 24.4 Å². The van der Waals surface area contributed by atoms with Gasteiger partial charge in [-0.15, -0.1) is 0 Å². The highest BCUT2D eigenvalue weighted by atomic mass is 16.5. The van der Waals surface area contributed by atoms with Crippen LogP contribution in [0.15, 0.2) is 18.2 Å². The first kappa shape index (κ1) is 33.2. The second-order valence-corrected chi connectivity index (χ2v) is 12.0. The highest BCUT2D eigenvalue weighted by Crippen LogP contribution is 2.31. The molecule has 1 saturated heterocycles. The van der Waals surface area contributed by atoms with Crippen LogP contribution in [0.3, 0.4) is 0 Å². The molecule has 1 aromatic carbocycles. The van der Waals surface area contributed by atoms with E-state index in [1.165, 1.54) is 0 Å². The molecule has 7 nitrogen and oxygen atoms in total. The lowest BCUT2D eigenvalue weighted by atomic mass is 9.78. The molecule has 2 unspecified atom stereocenters. The zero-order valence-electron chi connectivity index (χ0n) is 25.3. The van der Waals surface area contributed by atoms with Crippen molar-refractivity contribution in [3.8, 4) is 5.75 Å². The van der Waals surface area contributed by atoms with Gasteiger partial charge in [0.2, 0.25) is 5.91 Å². The molecule has 1 aromatic rings. The molecule has 0 aromatic heterocycles. The summed E-state index contributed by atoms with van der Waals surface area (Å²) >= 11 is 0. The molecule has 1 fully saturated rings. The van der Waals surface area contributed by atoms with Gasteiger partial charge in [0, 0.05) is 39.2 Å². The Bertz CT molecular complexity index is 879. The van der Waals surface area contributed by atoms with Gasteiger partial charge in [-0.1, -0.05) is 40.7 Å². The van der Waals surface area contributed by atoms with Gasteiger partial charge in [0.15, 0.2) is 5.78 Å². The van der Waals surface area contributed by atoms with Gasteiger partial charge >= 0.3 is 0 Å². The van der Waals surface area contributed by atoms with Crippen LogP contribution in [0.5, 0.6) is 5.75 Å². The summed E-state index contributed by atoms with van der Waals surface area (Å²) in [5.41, 5.74) is 1.72. The van der Waals surface area contributed by atoms with E-state index in [1.54, 1.807) is 14.0 Å². The lowest BCUT2D eigenvalue weighted by molar-refractivity contribution is -0.128. The molecule has 0 aliphatic carbocycles. The molecule has 0 radical (unpaired) electrons. The molecule has 7 heteroatoms. The summed E-state index contributed by atoms with van der Waals surface area (Å²) in [6.07, 6.45) is 4.47. The standard InChI is InChI=1S/C32H53NO6/c1-21(2)26(17-25-11-12-28(24(6)34)31(18-25)39-15-9-13-37-7)16-23(5)30(35)19-29(22(3)4)32(36)33-20-27-10-8-14-38-27/h11-12,18,21-23,26-27,29-30,35H,8-10,13-17,19-20H2,1-7H3,(H,33,36)/t23-,26?,27-,29?,30-/m0/s1. The number of ketones is 1. The fourth-order valence-corrected chi connectivity index (χ4v) is 5.34. The number of hydrogen-bond donors (Lipinski definition) is 2. The maximum Gasteiger partial charge on any atom is 0.223 e. The summed E-state index contributed by atoms with van der Waals surface area (Å²) in [5, 5.41) is 14.2. The number of hydrogen-bond acceptors (Lipinski definition) is 6. The summed E-state index contributed by atoms with van der Waals surface area (Å²) in [5.74, 6) is 1.32. The number of aliphatic hydroxyl groups is 1. The number of benzene rings is 1. The van der Waals surface area contributed by atoms with Crippen molar-refractivity contribution in [2.75, 3.05) is 33.5 Å². The Morgan fingerprint density at radius 2 is 1.85 bits per heavy atom. The molecule has 1 amide bonds. The van der Waals surface area contributed by atoms with Crippen molar-refractivity contribution in [1.29, 1.82) is 0 Å². The largest absolute Gasteiger partial charge is 0.493 e. The maximum atomic E-state index is 13.0. The van der Waals surface area contributed by atoms with Crippen LogP contribution in [0.1, 0.15) is 89.6 Å².